The molecule has 1 aliphatic heterocycles. The molecule has 0 aliphatic carbocycles. The number of pyridine rings is 1. The molecule has 1 aliphatic rings. The van der Waals surface area contributed by atoms with Crippen LogP contribution < -0.4 is 0 Å². The highest BCUT2D eigenvalue weighted by atomic mass is 35.5. The maximum atomic E-state index is 11.7. The second-order valence-corrected chi connectivity index (χ2v) is 5.66. The van der Waals surface area contributed by atoms with E-state index in [1.165, 1.54) is 7.11 Å². The van der Waals surface area contributed by atoms with Crippen LogP contribution in [0.5, 0.6) is 0 Å². The van der Waals surface area contributed by atoms with Crippen LogP contribution in [0.25, 0.3) is 5.52 Å². The molecule has 3 rings (SSSR count). The summed E-state index contributed by atoms with van der Waals surface area (Å²) in [5.74, 6) is 0.920. The number of fused-ring (bicyclic) bond motifs is 1. The van der Waals surface area contributed by atoms with Gasteiger partial charge in [0.1, 0.15) is 5.82 Å². The fourth-order valence-corrected chi connectivity index (χ4v) is 3.17. The third-order valence-electron chi connectivity index (χ3n) is 4.13. The second kappa shape index (κ2) is 5.66. The number of aromatic nitrogens is 2. The third-order valence-corrected chi connectivity index (χ3v) is 4.40. The van der Waals surface area contributed by atoms with E-state index in [1.54, 1.807) is 12.3 Å². The van der Waals surface area contributed by atoms with E-state index < -0.39 is 0 Å². The first kappa shape index (κ1) is 14.4. The molecule has 3 heterocycles. The van der Waals surface area contributed by atoms with Gasteiger partial charge in [0.15, 0.2) is 5.15 Å². The van der Waals surface area contributed by atoms with Crippen LogP contribution in [-0.4, -0.2) is 47.0 Å². The standard InChI is InChI=1S/C15H18ClN3O2/c1-3-18-7-6-10(8-18)14-17-13(16)12-5-4-11(9-19(12)14)15(20)21-2/h4-5,9-10H,3,6-8H2,1-2H3. The summed E-state index contributed by atoms with van der Waals surface area (Å²) in [5, 5.41) is 0.483. The number of rotatable bonds is 3. The molecule has 0 amide bonds. The van der Waals surface area contributed by atoms with Gasteiger partial charge in [-0.05, 0) is 31.6 Å². The van der Waals surface area contributed by atoms with E-state index in [1.807, 2.05) is 10.5 Å². The number of halogens is 1. The molecule has 6 heteroatoms. The van der Waals surface area contributed by atoms with Crippen LogP contribution in [0.3, 0.4) is 0 Å². The molecule has 0 bridgehead atoms. The molecule has 0 aromatic carbocycles. The predicted octanol–water partition coefficient (Wildman–Crippen LogP) is 2.58. The summed E-state index contributed by atoms with van der Waals surface area (Å²) in [6, 6.07) is 3.53. The van der Waals surface area contributed by atoms with Gasteiger partial charge < -0.3 is 14.0 Å². The molecule has 0 spiro atoms. The number of nitrogens with zero attached hydrogens (tertiary/aromatic N) is 3. The quantitative estimate of drug-likeness (QED) is 0.818. The Labute approximate surface area is 128 Å². The molecule has 1 saturated heterocycles. The highest BCUT2D eigenvalue weighted by Gasteiger charge is 2.27. The summed E-state index contributed by atoms with van der Waals surface area (Å²) in [4.78, 5) is 18.6. The van der Waals surface area contributed by atoms with Crippen molar-refractivity contribution in [3.05, 3.63) is 34.9 Å². The Morgan fingerprint density at radius 2 is 2.33 bits per heavy atom. The number of carbonyl (C=O) groups is 1. The number of hydrogen-bond donors (Lipinski definition) is 0. The van der Waals surface area contributed by atoms with Crippen molar-refractivity contribution >= 4 is 23.1 Å². The molecule has 1 atom stereocenters. The molecule has 0 radical (unpaired) electrons. The van der Waals surface area contributed by atoms with Gasteiger partial charge >= 0.3 is 5.97 Å². The zero-order valence-electron chi connectivity index (χ0n) is 12.2. The van der Waals surface area contributed by atoms with Gasteiger partial charge in [-0.15, -0.1) is 0 Å². The van der Waals surface area contributed by atoms with Crippen molar-refractivity contribution in [1.82, 2.24) is 14.3 Å². The third kappa shape index (κ3) is 2.51. The normalized spacial score (nSPS) is 19.3. The average molecular weight is 308 g/mol. The van der Waals surface area contributed by atoms with E-state index in [9.17, 15) is 4.79 Å². The molecule has 2 aromatic heterocycles. The Bertz CT molecular complexity index is 683. The van der Waals surface area contributed by atoms with E-state index in [0.29, 0.717) is 16.6 Å². The number of carbonyl (C=O) groups excluding carboxylic acids is 1. The van der Waals surface area contributed by atoms with Gasteiger partial charge in [-0.2, -0.15) is 0 Å². The zero-order valence-corrected chi connectivity index (χ0v) is 12.9. The van der Waals surface area contributed by atoms with Gasteiger partial charge in [0.25, 0.3) is 0 Å². The molecule has 1 unspecified atom stereocenters. The second-order valence-electron chi connectivity index (χ2n) is 5.30. The topological polar surface area (TPSA) is 46.8 Å². The number of likely N-dealkylation sites (N-methyl/N-ethyl adjacent to an activating group) is 1. The molecule has 21 heavy (non-hydrogen) atoms. The predicted molar refractivity (Wildman–Crippen MR) is 81.0 cm³/mol. The largest absolute Gasteiger partial charge is 0.465 e. The van der Waals surface area contributed by atoms with Gasteiger partial charge in [0, 0.05) is 18.7 Å². The lowest BCUT2D eigenvalue weighted by atomic mass is 10.1. The summed E-state index contributed by atoms with van der Waals surface area (Å²) in [5.41, 5.74) is 1.33. The van der Waals surface area contributed by atoms with Gasteiger partial charge in [-0.25, -0.2) is 9.78 Å². The first-order chi connectivity index (χ1) is 10.1. The molecular formula is C15H18ClN3O2. The van der Waals surface area contributed by atoms with Crippen LogP contribution in [-0.2, 0) is 4.74 Å². The van der Waals surface area contributed by atoms with Gasteiger partial charge in [-0.1, -0.05) is 18.5 Å². The van der Waals surface area contributed by atoms with Crippen LogP contribution in [0.1, 0.15) is 35.4 Å². The van der Waals surface area contributed by atoms with Crippen molar-refractivity contribution in [2.75, 3.05) is 26.7 Å². The minimum atomic E-state index is -0.353. The fraction of sp³-hybridized carbons (Fsp3) is 0.467. The van der Waals surface area contributed by atoms with Crippen molar-refractivity contribution in [2.45, 2.75) is 19.3 Å². The average Bonchev–Trinajstić information content (AvgIpc) is 3.11. The van der Waals surface area contributed by atoms with Crippen LogP contribution in [0.2, 0.25) is 5.15 Å². The summed E-state index contributed by atoms with van der Waals surface area (Å²) in [7, 11) is 1.38. The van der Waals surface area contributed by atoms with E-state index >= 15 is 0 Å². The number of likely N-dealkylation sites (tertiary alicyclic amines) is 1. The van der Waals surface area contributed by atoms with Crippen LogP contribution in [0, 0.1) is 0 Å². The summed E-state index contributed by atoms with van der Waals surface area (Å²) in [6.45, 7) is 5.26. The number of imidazole rings is 1. The first-order valence-corrected chi connectivity index (χ1v) is 7.50. The summed E-state index contributed by atoms with van der Waals surface area (Å²) < 4.78 is 6.71. The maximum absolute atomic E-state index is 11.7. The van der Waals surface area contributed by atoms with E-state index in [2.05, 4.69) is 16.8 Å². The van der Waals surface area contributed by atoms with Crippen molar-refractivity contribution in [3.8, 4) is 0 Å². The van der Waals surface area contributed by atoms with E-state index in [0.717, 1.165) is 37.4 Å². The van der Waals surface area contributed by atoms with Crippen molar-refractivity contribution < 1.29 is 9.53 Å². The maximum Gasteiger partial charge on any atom is 0.339 e. The highest BCUT2D eigenvalue weighted by Crippen LogP contribution is 2.30. The number of hydrogen-bond acceptors (Lipinski definition) is 4. The summed E-state index contributed by atoms with van der Waals surface area (Å²) >= 11 is 6.23. The molecule has 0 N–H and O–H groups in total. The van der Waals surface area contributed by atoms with Crippen molar-refractivity contribution in [2.24, 2.45) is 0 Å². The smallest absolute Gasteiger partial charge is 0.339 e. The first-order valence-electron chi connectivity index (χ1n) is 7.12. The minimum absolute atomic E-state index is 0.345. The van der Waals surface area contributed by atoms with Gasteiger partial charge in [0.05, 0.1) is 18.2 Å². The van der Waals surface area contributed by atoms with E-state index in [4.69, 9.17) is 16.3 Å². The molecule has 0 saturated carbocycles. The molecule has 2 aromatic rings. The lowest BCUT2D eigenvalue weighted by Gasteiger charge is -2.12. The molecular weight excluding hydrogens is 290 g/mol. The number of esters is 1. The molecule has 5 nitrogen and oxygen atoms in total. The van der Waals surface area contributed by atoms with Crippen LogP contribution in [0.4, 0.5) is 0 Å². The molecule has 1 fully saturated rings. The monoisotopic (exact) mass is 307 g/mol. The highest BCUT2D eigenvalue weighted by molar-refractivity contribution is 6.32. The SMILES string of the molecule is CCN1CCC(c2nc(Cl)c3ccc(C(=O)OC)cn23)C1. The lowest BCUT2D eigenvalue weighted by Crippen LogP contribution is -2.19. The van der Waals surface area contributed by atoms with Crippen molar-refractivity contribution in [3.63, 3.8) is 0 Å². The minimum Gasteiger partial charge on any atom is -0.465 e. The Kier molecular flexibility index (Phi) is 3.87. The summed E-state index contributed by atoms with van der Waals surface area (Å²) in [6.07, 6.45) is 2.83. The Morgan fingerprint density at radius 3 is 3.00 bits per heavy atom. The Hall–Kier alpha value is -1.59. The fourth-order valence-electron chi connectivity index (χ4n) is 2.93. The molecule has 112 valence electrons. The zero-order chi connectivity index (χ0) is 15.0. The lowest BCUT2D eigenvalue weighted by molar-refractivity contribution is 0.0600. The van der Waals surface area contributed by atoms with E-state index in [-0.39, 0.29) is 5.97 Å². The van der Waals surface area contributed by atoms with Gasteiger partial charge in [0.2, 0.25) is 0 Å². The van der Waals surface area contributed by atoms with Crippen LogP contribution in [0.15, 0.2) is 18.3 Å². The van der Waals surface area contributed by atoms with Gasteiger partial charge in [-0.3, -0.25) is 0 Å². The number of ether oxygens (including phenoxy) is 1. The Morgan fingerprint density at radius 1 is 1.52 bits per heavy atom. The Balaban J connectivity index is 2.04. The van der Waals surface area contributed by atoms with Crippen LogP contribution >= 0.6 is 11.6 Å². The number of methoxy groups -OCH3 is 1. The van der Waals surface area contributed by atoms with Crippen molar-refractivity contribution in [1.29, 1.82) is 0 Å².